The van der Waals surface area contributed by atoms with Crippen molar-refractivity contribution in [3.63, 3.8) is 0 Å². The number of hydrogen-bond acceptors (Lipinski definition) is 7. The summed E-state index contributed by atoms with van der Waals surface area (Å²) in [5.41, 5.74) is 0.893. The zero-order valence-corrected chi connectivity index (χ0v) is 23.7. The molecule has 0 heterocycles. The van der Waals surface area contributed by atoms with Gasteiger partial charge >= 0.3 is 0 Å². The number of carbonyl (C=O) groups is 1. The number of nitrogens with zero attached hydrogens (tertiary/aromatic N) is 1. The van der Waals surface area contributed by atoms with E-state index in [1.54, 1.807) is 32.1 Å². The van der Waals surface area contributed by atoms with E-state index in [4.69, 9.17) is 0 Å². The first-order chi connectivity index (χ1) is 18.9. The lowest BCUT2D eigenvalue weighted by Crippen LogP contribution is -2.46. The monoisotopic (exact) mass is 579 g/mol. The maximum absolute atomic E-state index is 14.1. The normalized spacial score (nSPS) is 11.7. The van der Waals surface area contributed by atoms with Gasteiger partial charge in [0.2, 0.25) is 0 Å². The molecule has 0 amide bonds. The fraction of sp³-hybridized carbons (Fsp3) is 0.233. The Kier molecular flexibility index (Phi) is 9.79. The molecule has 8 nitrogen and oxygen atoms in total. The molecule has 3 aromatic carbocycles. The standard InChI is InChI=1S/C30H29NO7S2/c1-24(2)21-23-30(39(35,36)27-12-6-3-7-13-27,40(37,38)28-14-8-4-9-15-28)22-11-5-10-16-29(32)25-17-19-26(20-18-25)31(33)34/h3-4,6-9,12-15,17-21H,10,16,22-23H2,1-2H3. The number of nitro benzene ring substituents is 1. The van der Waals surface area contributed by atoms with Crippen LogP contribution < -0.4 is 0 Å². The van der Waals surface area contributed by atoms with Crippen LogP contribution in [0.2, 0.25) is 0 Å². The van der Waals surface area contributed by atoms with Crippen molar-refractivity contribution in [2.24, 2.45) is 0 Å². The maximum Gasteiger partial charge on any atom is 0.269 e. The Hall–Kier alpha value is -4.07. The van der Waals surface area contributed by atoms with Gasteiger partial charge in [0.15, 0.2) is 29.5 Å². The summed E-state index contributed by atoms with van der Waals surface area (Å²) in [5, 5.41) is 10.8. The number of non-ortho nitro benzene ring substituents is 1. The number of allylic oxidation sites excluding steroid dienone is 2. The number of Topliss-reactive ketones (excluding diaryl/α,β-unsaturated/α-hetero) is 1. The van der Waals surface area contributed by atoms with Crippen LogP contribution in [0.15, 0.2) is 106 Å². The van der Waals surface area contributed by atoms with E-state index in [1.807, 2.05) is 0 Å². The Morgan fingerprint density at radius 2 is 1.32 bits per heavy atom. The van der Waals surface area contributed by atoms with Gasteiger partial charge in [0.05, 0.1) is 14.7 Å². The molecule has 0 aliphatic heterocycles. The van der Waals surface area contributed by atoms with Gasteiger partial charge in [-0.15, -0.1) is 11.8 Å². The first-order valence-electron chi connectivity index (χ1n) is 12.4. The smallest absolute Gasteiger partial charge is 0.269 e. The number of ketones is 1. The lowest BCUT2D eigenvalue weighted by atomic mass is 10.1. The van der Waals surface area contributed by atoms with E-state index in [0.717, 1.165) is 5.57 Å². The summed E-state index contributed by atoms with van der Waals surface area (Å²) in [5.74, 6) is 5.23. The number of benzene rings is 3. The maximum atomic E-state index is 14.1. The zero-order chi connectivity index (χ0) is 29.4. The minimum Gasteiger partial charge on any atom is -0.294 e. The lowest BCUT2D eigenvalue weighted by Gasteiger charge is -2.31. The van der Waals surface area contributed by atoms with Crippen LogP contribution in [0.1, 0.15) is 49.9 Å². The molecule has 0 aliphatic rings. The second-order valence-electron chi connectivity index (χ2n) is 9.29. The highest BCUT2D eigenvalue weighted by molar-refractivity contribution is 8.10. The van der Waals surface area contributed by atoms with E-state index in [1.165, 1.54) is 72.8 Å². The van der Waals surface area contributed by atoms with Crippen molar-refractivity contribution in [2.75, 3.05) is 0 Å². The van der Waals surface area contributed by atoms with Crippen LogP contribution in [0.4, 0.5) is 5.69 Å². The largest absolute Gasteiger partial charge is 0.294 e. The van der Waals surface area contributed by atoms with Gasteiger partial charge in [-0.05, 0) is 50.2 Å². The summed E-state index contributed by atoms with van der Waals surface area (Å²) >= 11 is 0. The number of hydrogen-bond donors (Lipinski definition) is 0. The Morgan fingerprint density at radius 1 is 0.825 bits per heavy atom. The minimum absolute atomic E-state index is 0.0251. The second-order valence-corrected chi connectivity index (χ2v) is 14.1. The molecule has 3 aromatic rings. The van der Waals surface area contributed by atoms with Crippen LogP contribution in [-0.4, -0.2) is 31.6 Å². The van der Waals surface area contributed by atoms with Crippen molar-refractivity contribution < 1.29 is 26.6 Å². The van der Waals surface area contributed by atoms with E-state index in [-0.39, 0.29) is 46.1 Å². The van der Waals surface area contributed by atoms with Crippen LogP contribution in [0, 0.1) is 22.0 Å². The van der Waals surface area contributed by atoms with E-state index >= 15 is 0 Å². The second kappa shape index (κ2) is 12.9. The molecule has 0 atom stereocenters. The highest BCUT2D eigenvalue weighted by Gasteiger charge is 2.55. The number of rotatable bonds is 11. The van der Waals surface area contributed by atoms with Gasteiger partial charge in [0.1, 0.15) is 0 Å². The summed E-state index contributed by atoms with van der Waals surface area (Å²) in [6.07, 6.45) is 0.770. The molecule has 3 rings (SSSR count). The van der Waals surface area contributed by atoms with Crippen molar-refractivity contribution in [3.05, 3.63) is 112 Å². The molecule has 0 aromatic heterocycles. The van der Waals surface area contributed by atoms with Gasteiger partial charge in [-0.25, -0.2) is 16.8 Å². The van der Waals surface area contributed by atoms with E-state index in [9.17, 15) is 31.7 Å². The Balaban J connectivity index is 2.00. The lowest BCUT2D eigenvalue weighted by molar-refractivity contribution is -0.384. The molecule has 0 bridgehead atoms. The molecule has 0 spiro atoms. The predicted molar refractivity (Wildman–Crippen MR) is 153 cm³/mol. The fourth-order valence-electron chi connectivity index (χ4n) is 3.99. The van der Waals surface area contributed by atoms with Gasteiger partial charge in [0.25, 0.3) is 5.69 Å². The molecule has 208 valence electrons. The van der Waals surface area contributed by atoms with Crippen molar-refractivity contribution in [2.45, 2.75) is 53.4 Å². The van der Waals surface area contributed by atoms with Crippen LogP contribution in [0.25, 0.3) is 0 Å². The molecule has 0 fully saturated rings. The molecule has 0 aliphatic carbocycles. The highest BCUT2D eigenvalue weighted by Crippen LogP contribution is 2.41. The average Bonchev–Trinajstić information content (AvgIpc) is 2.95. The minimum atomic E-state index is -4.48. The predicted octanol–water partition coefficient (Wildman–Crippen LogP) is 5.95. The van der Waals surface area contributed by atoms with Gasteiger partial charge in [-0.3, -0.25) is 14.9 Å². The molecule has 0 radical (unpaired) electrons. The molecule has 10 heteroatoms. The highest BCUT2D eigenvalue weighted by atomic mass is 32.3. The van der Waals surface area contributed by atoms with Crippen LogP contribution in [0.3, 0.4) is 0 Å². The Labute approximate surface area is 234 Å². The summed E-state index contributed by atoms with van der Waals surface area (Å²) in [6.45, 7) is 3.51. The van der Waals surface area contributed by atoms with Crippen molar-refractivity contribution in [1.82, 2.24) is 0 Å². The molecular formula is C30H29NO7S2. The third-order valence-electron chi connectivity index (χ3n) is 6.27. The molecule has 0 unspecified atom stereocenters. The van der Waals surface area contributed by atoms with E-state index in [2.05, 4.69) is 11.8 Å². The van der Waals surface area contributed by atoms with Crippen molar-refractivity contribution in [1.29, 1.82) is 0 Å². The Morgan fingerprint density at radius 3 is 1.77 bits per heavy atom. The number of sulfone groups is 2. The first kappa shape index (κ1) is 30.5. The zero-order valence-electron chi connectivity index (χ0n) is 22.1. The third kappa shape index (κ3) is 6.55. The van der Waals surface area contributed by atoms with Gasteiger partial charge < -0.3 is 0 Å². The van der Waals surface area contributed by atoms with Crippen molar-refractivity contribution >= 4 is 31.1 Å². The van der Waals surface area contributed by atoms with E-state index in [0.29, 0.717) is 0 Å². The third-order valence-corrected chi connectivity index (χ3v) is 12.0. The number of carbonyl (C=O) groups excluding carboxylic acids is 1. The van der Waals surface area contributed by atoms with Crippen LogP contribution in [-0.2, 0) is 19.7 Å². The quantitative estimate of drug-likeness (QED) is 0.0902. The summed E-state index contributed by atoms with van der Waals surface area (Å²) in [4.78, 5) is 22.5. The molecule has 0 saturated heterocycles. The Bertz CT molecular complexity index is 1590. The summed E-state index contributed by atoms with van der Waals surface area (Å²) < 4.78 is 54.2. The first-order valence-corrected chi connectivity index (χ1v) is 15.3. The SMILES string of the molecule is CC(C)=CCC(CC#CCCC(=O)c1ccc([N+](=O)[O-])cc1)(S(=O)(=O)c1ccccc1)S(=O)(=O)c1ccccc1. The van der Waals surface area contributed by atoms with Gasteiger partial charge in [-0.2, -0.15) is 0 Å². The summed E-state index contributed by atoms with van der Waals surface area (Å²) in [7, 11) is -8.96. The summed E-state index contributed by atoms with van der Waals surface area (Å²) in [6, 6.07) is 20.1. The van der Waals surface area contributed by atoms with Crippen molar-refractivity contribution in [3.8, 4) is 11.8 Å². The molecular weight excluding hydrogens is 550 g/mol. The topological polar surface area (TPSA) is 128 Å². The van der Waals surface area contributed by atoms with Gasteiger partial charge in [0, 0.05) is 43.4 Å². The molecule has 0 saturated carbocycles. The van der Waals surface area contributed by atoms with Gasteiger partial charge in [-0.1, -0.05) is 48.0 Å². The molecule has 40 heavy (non-hydrogen) atoms. The number of nitro groups is 1. The average molecular weight is 580 g/mol. The molecule has 0 N–H and O–H groups in total. The fourth-order valence-corrected chi connectivity index (χ4v) is 8.74. The van der Waals surface area contributed by atoms with Crippen LogP contribution >= 0.6 is 0 Å². The van der Waals surface area contributed by atoms with E-state index < -0.39 is 35.1 Å². The van der Waals surface area contributed by atoms with Crippen LogP contribution in [0.5, 0.6) is 0 Å².